The summed E-state index contributed by atoms with van der Waals surface area (Å²) >= 11 is 0. The Morgan fingerprint density at radius 3 is 2.10 bits per heavy atom. The Bertz CT molecular complexity index is 529. The summed E-state index contributed by atoms with van der Waals surface area (Å²) in [6, 6.07) is 18.0. The van der Waals surface area contributed by atoms with Crippen LogP contribution in [0.2, 0.25) is 0 Å². The van der Waals surface area contributed by atoms with Crippen molar-refractivity contribution in [1.82, 2.24) is 5.32 Å². The minimum absolute atomic E-state index is 0.153. The van der Waals surface area contributed by atoms with Gasteiger partial charge in [-0.2, -0.15) is 0 Å². The van der Waals surface area contributed by atoms with Crippen LogP contribution in [0.5, 0.6) is 0 Å². The highest BCUT2D eigenvalue weighted by Gasteiger charge is 2.21. The first kappa shape index (κ1) is 13.3. The molecule has 0 radical (unpaired) electrons. The van der Waals surface area contributed by atoms with Crippen molar-refractivity contribution in [3.05, 3.63) is 71.5 Å². The molecule has 1 saturated carbocycles. The van der Waals surface area contributed by atoms with E-state index in [0.717, 1.165) is 5.56 Å². The fourth-order valence-corrected chi connectivity index (χ4v) is 3.01. The van der Waals surface area contributed by atoms with Gasteiger partial charge in [0, 0.05) is 6.04 Å². The van der Waals surface area contributed by atoms with Gasteiger partial charge in [0.15, 0.2) is 0 Å². The minimum Gasteiger partial charge on any atom is -0.303 e. The zero-order chi connectivity index (χ0) is 13.8. The van der Waals surface area contributed by atoms with Gasteiger partial charge in [-0.15, -0.1) is 0 Å². The van der Waals surface area contributed by atoms with Gasteiger partial charge in [-0.25, -0.2) is 4.39 Å². The van der Waals surface area contributed by atoms with E-state index in [2.05, 4.69) is 29.6 Å². The molecule has 0 saturated heterocycles. The van der Waals surface area contributed by atoms with Crippen molar-refractivity contribution in [3.63, 3.8) is 0 Å². The standard InChI is InChI=1S/C18H20FN/c19-16-12-10-15(11-13-16)18(14-6-2-1-3-7-14)20-17-8-4-5-9-17/h1-3,6-7,10-13,17-18,20H,4-5,8-9H2. The summed E-state index contributed by atoms with van der Waals surface area (Å²) in [5.74, 6) is -0.179. The summed E-state index contributed by atoms with van der Waals surface area (Å²) in [4.78, 5) is 0. The molecule has 2 aromatic rings. The number of rotatable bonds is 4. The maximum atomic E-state index is 13.1. The predicted molar refractivity (Wildman–Crippen MR) is 80.1 cm³/mol. The van der Waals surface area contributed by atoms with E-state index in [1.807, 2.05) is 18.2 Å². The van der Waals surface area contributed by atoms with Crippen molar-refractivity contribution in [1.29, 1.82) is 0 Å². The Kier molecular flexibility index (Phi) is 4.12. The molecule has 0 aliphatic heterocycles. The Balaban J connectivity index is 1.88. The lowest BCUT2D eigenvalue weighted by Gasteiger charge is -2.24. The SMILES string of the molecule is Fc1ccc(C(NC2CCCC2)c2ccccc2)cc1. The summed E-state index contributed by atoms with van der Waals surface area (Å²) in [5, 5.41) is 3.75. The maximum Gasteiger partial charge on any atom is 0.123 e. The van der Waals surface area contributed by atoms with Gasteiger partial charge in [-0.3, -0.25) is 0 Å². The molecule has 104 valence electrons. The first-order valence-electron chi connectivity index (χ1n) is 7.39. The summed E-state index contributed by atoms with van der Waals surface area (Å²) in [5.41, 5.74) is 2.37. The van der Waals surface area contributed by atoms with Gasteiger partial charge in [0.2, 0.25) is 0 Å². The molecule has 20 heavy (non-hydrogen) atoms. The van der Waals surface area contributed by atoms with Crippen LogP contribution in [0.1, 0.15) is 42.9 Å². The molecule has 1 aliphatic carbocycles. The highest BCUT2D eigenvalue weighted by molar-refractivity contribution is 5.32. The van der Waals surface area contributed by atoms with Crippen molar-refractivity contribution in [3.8, 4) is 0 Å². The summed E-state index contributed by atoms with van der Waals surface area (Å²) in [6.45, 7) is 0. The second-order valence-electron chi connectivity index (χ2n) is 5.54. The molecule has 0 spiro atoms. The number of nitrogens with one attached hydrogen (secondary N) is 1. The quantitative estimate of drug-likeness (QED) is 0.864. The zero-order valence-corrected chi connectivity index (χ0v) is 11.6. The van der Waals surface area contributed by atoms with E-state index >= 15 is 0 Å². The van der Waals surface area contributed by atoms with Crippen LogP contribution in [0.25, 0.3) is 0 Å². The van der Waals surface area contributed by atoms with Crippen molar-refractivity contribution >= 4 is 0 Å². The van der Waals surface area contributed by atoms with Crippen molar-refractivity contribution in [2.45, 2.75) is 37.8 Å². The van der Waals surface area contributed by atoms with Crippen LogP contribution in [0.3, 0.4) is 0 Å². The molecule has 2 heteroatoms. The lowest BCUT2D eigenvalue weighted by Crippen LogP contribution is -2.31. The van der Waals surface area contributed by atoms with Gasteiger partial charge < -0.3 is 5.32 Å². The molecule has 1 nitrogen and oxygen atoms in total. The van der Waals surface area contributed by atoms with E-state index in [4.69, 9.17) is 0 Å². The second kappa shape index (κ2) is 6.19. The molecule has 1 N–H and O–H groups in total. The Hall–Kier alpha value is -1.67. The van der Waals surface area contributed by atoms with E-state index in [-0.39, 0.29) is 11.9 Å². The van der Waals surface area contributed by atoms with Gasteiger partial charge in [0.1, 0.15) is 5.82 Å². The monoisotopic (exact) mass is 269 g/mol. The maximum absolute atomic E-state index is 13.1. The molecule has 0 aromatic heterocycles. The smallest absolute Gasteiger partial charge is 0.123 e. The Morgan fingerprint density at radius 1 is 0.850 bits per heavy atom. The topological polar surface area (TPSA) is 12.0 Å². The van der Waals surface area contributed by atoms with Crippen LogP contribution < -0.4 is 5.32 Å². The Labute approximate surface area is 119 Å². The molecule has 0 bridgehead atoms. The summed E-state index contributed by atoms with van der Waals surface area (Å²) in [7, 11) is 0. The number of halogens is 1. The normalized spacial score (nSPS) is 17.2. The molecule has 2 aromatic carbocycles. The van der Waals surface area contributed by atoms with Gasteiger partial charge in [0.25, 0.3) is 0 Å². The minimum atomic E-state index is -0.179. The molecule has 1 atom stereocenters. The van der Waals surface area contributed by atoms with Crippen LogP contribution >= 0.6 is 0 Å². The van der Waals surface area contributed by atoms with Crippen LogP contribution in [0.15, 0.2) is 54.6 Å². The van der Waals surface area contributed by atoms with Gasteiger partial charge in [-0.05, 0) is 36.1 Å². The van der Waals surface area contributed by atoms with Gasteiger partial charge in [0.05, 0.1) is 6.04 Å². The van der Waals surface area contributed by atoms with Crippen LogP contribution in [0, 0.1) is 5.82 Å². The third-order valence-electron chi connectivity index (χ3n) is 4.09. The number of hydrogen-bond donors (Lipinski definition) is 1. The van der Waals surface area contributed by atoms with E-state index in [0.29, 0.717) is 6.04 Å². The average molecular weight is 269 g/mol. The van der Waals surface area contributed by atoms with Crippen LogP contribution in [-0.4, -0.2) is 6.04 Å². The van der Waals surface area contributed by atoms with E-state index < -0.39 is 0 Å². The first-order chi connectivity index (χ1) is 9.83. The molecular weight excluding hydrogens is 249 g/mol. The second-order valence-corrected chi connectivity index (χ2v) is 5.54. The third kappa shape index (κ3) is 3.07. The molecule has 1 aliphatic rings. The summed E-state index contributed by atoms with van der Waals surface area (Å²) in [6.07, 6.45) is 5.10. The predicted octanol–water partition coefficient (Wildman–Crippen LogP) is 4.45. The number of hydrogen-bond acceptors (Lipinski definition) is 1. The average Bonchev–Trinajstić information content (AvgIpc) is 3.00. The number of benzene rings is 2. The molecular formula is C18H20FN. The van der Waals surface area contributed by atoms with Crippen molar-refractivity contribution in [2.75, 3.05) is 0 Å². The van der Waals surface area contributed by atoms with Gasteiger partial charge >= 0.3 is 0 Å². The molecule has 1 unspecified atom stereocenters. The zero-order valence-electron chi connectivity index (χ0n) is 11.6. The highest BCUT2D eigenvalue weighted by Crippen LogP contribution is 2.27. The Morgan fingerprint density at radius 2 is 1.45 bits per heavy atom. The molecule has 3 rings (SSSR count). The fourth-order valence-electron chi connectivity index (χ4n) is 3.01. The third-order valence-corrected chi connectivity index (χ3v) is 4.09. The largest absolute Gasteiger partial charge is 0.303 e. The molecule has 0 heterocycles. The van der Waals surface area contributed by atoms with E-state index in [1.165, 1.54) is 31.2 Å². The summed E-state index contributed by atoms with van der Waals surface area (Å²) < 4.78 is 13.1. The fraction of sp³-hybridized carbons (Fsp3) is 0.333. The lowest BCUT2D eigenvalue weighted by molar-refractivity contribution is 0.478. The lowest BCUT2D eigenvalue weighted by atomic mass is 9.97. The van der Waals surface area contributed by atoms with Crippen LogP contribution in [-0.2, 0) is 0 Å². The molecule has 0 amide bonds. The molecule has 1 fully saturated rings. The van der Waals surface area contributed by atoms with E-state index in [9.17, 15) is 4.39 Å². The highest BCUT2D eigenvalue weighted by atomic mass is 19.1. The first-order valence-corrected chi connectivity index (χ1v) is 7.39. The van der Waals surface area contributed by atoms with Crippen molar-refractivity contribution in [2.24, 2.45) is 0 Å². The van der Waals surface area contributed by atoms with E-state index in [1.54, 1.807) is 12.1 Å². The van der Waals surface area contributed by atoms with Crippen molar-refractivity contribution < 1.29 is 4.39 Å². The van der Waals surface area contributed by atoms with Crippen LogP contribution in [0.4, 0.5) is 4.39 Å². The van der Waals surface area contributed by atoms with Gasteiger partial charge in [-0.1, -0.05) is 55.3 Å².